The molecule has 1 aromatic heterocycles. The van der Waals surface area contributed by atoms with Crippen LogP contribution in [0.4, 0.5) is 5.69 Å². The van der Waals surface area contributed by atoms with Gasteiger partial charge >= 0.3 is 5.97 Å². The number of nitrogens with zero attached hydrogens (tertiary/aromatic N) is 4. The number of hydrogen-bond donors (Lipinski definition) is 0. The van der Waals surface area contributed by atoms with Crippen LogP contribution in [0.5, 0.6) is 0 Å². The number of ether oxygens (including phenoxy) is 1. The average Bonchev–Trinajstić information content (AvgIpc) is 3.36. The lowest BCUT2D eigenvalue weighted by atomic mass is 9.74. The van der Waals surface area contributed by atoms with Crippen molar-refractivity contribution >= 4 is 57.1 Å². The highest BCUT2D eigenvalue weighted by Gasteiger charge is 2.56. The van der Waals surface area contributed by atoms with Crippen LogP contribution >= 0.6 is 27.5 Å². The fourth-order valence-electron chi connectivity index (χ4n) is 4.31. The van der Waals surface area contributed by atoms with Gasteiger partial charge < -0.3 is 4.74 Å². The summed E-state index contributed by atoms with van der Waals surface area (Å²) in [6.07, 6.45) is 8.82. The second kappa shape index (κ2) is 11.1. The number of halogens is 2. The molecule has 0 unspecified atom stereocenters. The lowest BCUT2D eigenvalue weighted by Gasteiger charge is -2.26. The van der Waals surface area contributed by atoms with E-state index in [0.717, 1.165) is 9.37 Å². The van der Waals surface area contributed by atoms with Gasteiger partial charge in [0.15, 0.2) is 0 Å². The van der Waals surface area contributed by atoms with E-state index in [1.807, 2.05) is 24.3 Å². The van der Waals surface area contributed by atoms with Crippen LogP contribution < -0.4 is 4.90 Å². The van der Waals surface area contributed by atoms with Crippen molar-refractivity contribution < 1.29 is 19.1 Å². The van der Waals surface area contributed by atoms with Crippen LogP contribution in [-0.2, 0) is 32.1 Å². The van der Waals surface area contributed by atoms with Gasteiger partial charge in [0.2, 0.25) is 5.91 Å². The molecule has 37 heavy (non-hydrogen) atoms. The van der Waals surface area contributed by atoms with Crippen molar-refractivity contribution in [1.29, 1.82) is 0 Å². The molecule has 188 valence electrons. The number of carbonyl (C=O) groups excluding carboxylic acids is 3. The zero-order chi connectivity index (χ0) is 26.6. The van der Waals surface area contributed by atoms with E-state index in [-0.39, 0.29) is 31.6 Å². The van der Waals surface area contributed by atoms with Gasteiger partial charge in [0.05, 0.1) is 29.6 Å². The third-order valence-corrected chi connectivity index (χ3v) is 6.96. The summed E-state index contributed by atoms with van der Waals surface area (Å²) in [5.74, 6) is 1.08. The van der Waals surface area contributed by atoms with Gasteiger partial charge in [-0.25, -0.2) is 9.58 Å². The number of benzene rings is 2. The number of amides is 2. The number of carbonyl (C=O) groups is 3. The molecule has 8 nitrogen and oxygen atoms in total. The van der Waals surface area contributed by atoms with E-state index < -0.39 is 23.2 Å². The molecule has 0 aliphatic carbocycles. The SMILES string of the molecule is C#CC[C@]1(Cc2cnnn2CC(=O)OCC)C(=O)N(c2cccc(Cl)c2)C(=O)/C1=C/c1ccccc1Br. The summed E-state index contributed by atoms with van der Waals surface area (Å²) in [4.78, 5) is 41.3. The maximum absolute atomic E-state index is 14.2. The number of imide groups is 1. The summed E-state index contributed by atoms with van der Waals surface area (Å²) in [5.41, 5.74) is 0.253. The normalized spacial score (nSPS) is 18.3. The highest BCUT2D eigenvalue weighted by Crippen LogP contribution is 2.46. The topological polar surface area (TPSA) is 94.4 Å². The van der Waals surface area contributed by atoms with Crippen LogP contribution in [-0.4, -0.2) is 39.4 Å². The van der Waals surface area contributed by atoms with Crippen molar-refractivity contribution in [2.45, 2.75) is 26.3 Å². The predicted octanol–water partition coefficient (Wildman–Crippen LogP) is 4.47. The molecule has 1 saturated heterocycles. The smallest absolute Gasteiger partial charge is 0.327 e. The Morgan fingerprint density at radius 2 is 2.03 bits per heavy atom. The fourth-order valence-corrected chi connectivity index (χ4v) is 4.89. The van der Waals surface area contributed by atoms with Gasteiger partial charge in [0.1, 0.15) is 6.54 Å². The van der Waals surface area contributed by atoms with E-state index in [9.17, 15) is 14.4 Å². The number of aromatic nitrogens is 3. The van der Waals surface area contributed by atoms with Crippen molar-refractivity contribution in [2.24, 2.45) is 5.41 Å². The minimum absolute atomic E-state index is 0.0124. The van der Waals surface area contributed by atoms with Gasteiger partial charge in [-0.15, -0.1) is 17.4 Å². The Kier molecular flexibility index (Phi) is 7.91. The zero-order valence-corrected chi connectivity index (χ0v) is 22.2. The first kappa shape index (κ1) is 26.3. The summed E-state index contributed by atoms with van der Waals surface area (Å²) < 4.78 is 7.13. The Morgan fingerprint density at radius 3 is 2.73 bits per heavy atom. The van der Waals surface area contributed by atoms with Crippen molar-refractivity contribution in [2.75, 3.05) is 11.5 Å². The highest BCUT2D eigenvalue weighted by atomic mass is 79.9. The molecule has 1 aliphatic heterocycles. The maximum Gasteiger partial charge on any atom is 0.327 e. The third-order valence-electron chi connectivity index (χ3n) is 6.00. The lowest BCUT2D eigenvalue weighted by Crippen LogP contribution is -2.38. The first-order valence-electron chi connectivity index (χ1n) is 11.4. The Morgan fingerprint density at radius 1 is 1.24 bits per heavy atom. The van der Waals surface area contributed by atoms with Crippen molar-refractivity contribution in [3.63, 3.8) is 0 Å². The molecule has 1 aliphatic rings. The van der Waals surface area contributed by atoms with Gasteiger partial charge in [0.25, 0.3) is 5.91 Å². The second-order valence-electron chi connectivity index (χ2n) is 8.33. The molecule has 0 N–H and O–H groups in total. The van der Waals surface area contributed by atoms with E-state index in [2.05, 4.69) is 32.2 Å². The minimum atomic E-state index is -1.45. The third kappa shape index (κ3) is 5.22. The van der Waals surface area contributed by atoms with Crippen LogP contribution in [0, 0.1) is 17.8 Å². The maximum atomic E-state index is 14.2. The quantitative estimate of drug-likeness (QED) is 0.169. The van der Waals surface area contributed by atoms with Crippen LogP contribution in [0.1, 0.15) is 24.6 Å². The van der Waals surface area contributed by atoms with Gasteiger partial charge in [-0.1, -0.05) is 57.0 Å². The molecule has 2 amide bonds. The number of anilines is 1. The van der Waals surface area contributed by atoms with Gasteiger partial charge in [-0.2, -0.15) is 0 Å². The number of hydrogen-bond acceptors (Lipinski definition) is 6. The summed E-state index contributed by atoms with van der Waals surface area (Å²) >= 11 is 9.69. The number of terminal acetylenes is 1. The molecule has 4 rings (SSSR count). The summed E-state index contributed by atoms with van der Waals surface area (Å²) in [5, 5.41) is 8.29. The molecule has 1 fully saturated rings. The monoisotopic (exact) mass is 580 g/mol. The second-order valence-corrected chi connectivity index (χ2v) is 9.62. The average molecular weight is 582 g/mol. The predicted molar refractivity (Wildman–Crippen MR) is 142 cm³/mol. The standard InChI is InChI=1S/C27H22BrClN4O4/c1-3-12-27(15-21-16-30-31-32(21)17-24(34)37-4-2)22(13-18-8-5-6-11-23(18)28)25(35)33(26(27)36)20-10-7-9-19(29)14-20/h1,5-11,13-14,16H,4,12,15,17H2,2H3/b22-13-/t27-/m1/s1. The van der Waals surface area contributed by atoms with Crippen LogP contribution in [0.25, 0.3) is 6.08 Å². The zero-order valence-electron chi connectivity index (χ0n) is 19.9. The summed E-state index contributed by atoms with van der Waals surface area (Å²) in [7, 11) is 0. The van der Waals surface area contributed by atoms with Crippen LogP contribution in [0.3, 0.4) is 0 Å². The van der Waals surface area contributed by atoms with E-state index in [1.54, 1.807) is 37.3 Å². The van der Waals surface area contributed by atoms with Crippen LogP contribution in [0.2, 0.25) is 5.02 Å². The molecule has 2 aromatic carbocycles. The largest absolute Gasteiger partial charge is 0.465 e. The fraction of sp³-hybridized carbons (Fsp3) is 0.222. The van der Waals surface area contributed by atoms with Gasteiger partial charge in [-0.3, -0.25) is 14.4 Å². The van der Waals surface area contributed by atoms with Crippen LogP contribution in [0.15, 0.2) is 64.8 Å². The van der Waals surface area contributed by atoms with Crippen molar-refractivity contribution in [3.8, 4) is 12.3 Å². The molecule has 0 bridgehead atoms. The summed E-state index contributed by atoms with van der Waals surface area (Å²) in [6.45, 7) is 1.72. The molecule has 2 heterocycles. The van der Waals surface area contributed by atoms with Crippen molar-refractivity contribution in [3.05, 3.63) is 81.1 Å². The molecule has 0 spiro atoms. The lowest BCUT2D eigenvalue weighted by molar-refractivity contribution is -0.144. The first-order valence-corrected chi connectivity index (χ1v) is 12.6. The minimum Gasteiger partial charge on any atom is -0.465 e. The molecule has 10 heteroatoms. The van der Waals surface area contributed by atoms with Gasteiger partial charge in [0, 0.05) is 27.9 Å². The van der Waals surface area contributed by atoms with E-state index in [0.29, 0.717) is 22.0 Å². The van der Waals surface area contributed by atoms with E-state index >= 15 is 0 Å². The highest BCUT2D eigenvalue weighted by molar-refractivity contribution is 9.10. The summed E-state index contributed by atoms with van der Waals surface area (Å²) in [6, 6.07) is 13.8. The Balaban J connectivity index is 1.88. The Hall–Kier alpha value is -3.74. The molecule has 1 atom stereocenters. The molecule has 0 saturated carbocycles. The number of rotatable bonds is 8. The van der Waals surface area contributed by atoms with E-state index in [4.69, 9.17) is 22.8 Å². The molecular formula is C27H22BrClN4O4. The molecule has 0 radical (unpaired) electrons. The van der Waals surface area contributed by atoms with Gasteiger partial charge in [-0.05, 0) is 42.8 Å². The molecule has 3 aromatic rings. The van der Waals surface area contributed by atoms with E-state index in [1.165, 1.54) is 10.9 Å². The number of esters is 1. The molecular weight excluding hydrogens is 560 g/mol. The first-order chi connectivity index (χ1) is 17.8. The Bertz CT molecular complexity index is 1440. The van der Waals surface area contributed by atoms with Crippen molar-refractivity contribution in [1.82, 2.24) is 15.0 Å². The Labute approximate surface area is 227 Å².